The largest absolute Gasteiger partial charge is 0.493 e. The van der Waals surface area contributed by atoms with Crippen molar-refractivity contribution in [2.24, 2.45) is 0 Å². The Labute approximate surface area is 136 Å². The lowest BCUT2D eigenvalue weighted by atomic mass is 10.1. The number of carbonyl (C=O) groups is 2. The van der Waals surface area contributed by atoms with E-state index < -0.39 is 35.0 Å². The number of hydrogen-bond acceptors (Lipinski definition) is 5. The summed E-state index contributed by atoms with van der Waals surface area (Å²) in [7, 11) is 0. The summed E-state index contributed by atoms with van der Waals surface area (Å²) in [5.41, 5.74) is -1.51. The van der Waals surface area contributed by atoms with Crippen molar-refractivity contribution < 1.29 is 37.0 Å². The van der Waals surface area contributed by atoms with E-state index in [4.69, 9.17) is 14.2 Å². The first-order valence-corrected chi connectivity index (χ1v) is 7.06. The standard InChI is InChI=1S/C16H15F3O5/c1-4-22-12-6-5-10(16(17,18)19)7-9(12)8-11-13(20)23-15(2,3)24-14(11)21/h5-8H,4H2,1-3H3. The molecule has 0 bridgehead atoms. The summed E-state index contributed by atoms with van der Waals surface area (Å²) in [5, 5.41) is 0. The molecule has 1 saturated heterocycles. The van der Waals surface area contributed by atoms with E-state index >= 15 is 0 Å². The van der Waals surface area contributed by atoms with E-state index in [1.807, 2.05) is 0 Å². The maximum Gasteiger partial charge on any atom is 0.416 e. The molecule has 24 heavy (non-hydrogen) atoms. The van der Waals surface area contributed by atoms with E-state index in [9.17, 15) is 22.8 Å². The Morgan fingerprint density at radius 2 is 1.75 bits per heavy atom. The fourth-order valence-electron chi connectivity index (χ4n) is 2.06. The topological polar surface area (TPSA) is 61.8 Å². The van der Waals surface area contributed by atoms with Crippen molar-refractivity contribution in [1.29, 1.82) is 0 Å². The highest BCUT2D eigenvalue weighted by atomic mass is 19.4. The lowest BCUT2D eigenvalue weighted by Gasteiger charge is -2.29. The van der Waals surface area contributed by atoms with Crippen molar-refractivity contribution in [1.82, 2.24) is 0 Å². The summed E-state index contributed by atoms with van der Waals surface area (Å²) >= 11 is 0. The zero-order chi connectivity index (χ0) is 18.1. The highest BCUT2D eigenvalue weighted by Crippen LogP contribution is 2.34. The van der Waals surface area contributed by atoms with Crippen molar-refractivity contribution >= 4 is 18.0 Å². The summed E-state index contributed by atoms with van der Waals surface area (Å²) in [6, 6.07) is 2.77. The Balaban J connectivity index is 2.50. The molecule has 0 N–H and O–H groups in total. The summed E-state index contributed by atoms with van der Waals surface area (Å²) < 4.78 is 53.7. The Kier molecular flexibility index (Phi) is 4.59. The number of esters is 2. The van der Waals surface area contributed by atoms with Gasteiger partial charge in [0, 0.05) is 19.4 Å². The van der Waals surface area contributed by atoms with E-state index in [0.29, 0.717) is 0 Å². The molecule has 1 fully saturated rings. The molecule has 0 aromatic heterocycles. The first-order valence-electron chi connectivity index (χ1n) is 7.06. The third-order valence-corrected chi connectivity index (χ3v) is 3.05. The van der Waals surface area contributed by atoms with Gasteiger partial charge in [-0.2, -0.15) is 13.2 Å². The number of hydrogen-bond donors (Lipinski definition) is 0. The maximum atomic E-state index is 12.9. The molecule has 1 aliphatic rings. The van der Waals surface area contributed by atoms with Crippen LogP contribution in [-0.2, 0) is 25.2 Å². The molecule has 0 atom stereocenters. The van der Waals surface area contributed by atoms with Crippen molar-refractivity contribution in [2.75, 3.05) is 6.61 Å². The smallest absolute Gasteiger partial charge is 0.416 e. The molecule has 1 aromatic carbocycles. The van der Waals surface area contributed by atoms with Crippen molar-refractivity contribution in [3.63, 3.8) is 0 Å². The SMILES string of the molecule is CCOc1ccc(C(F)(F)F)cc1C=C1C(=O)OC(C)(C)OC1=O. The van der Waals surface area contributed by atoms with Crippen LogP contribution in [0.3, 0.4) is 0 Å². The summed E-state index contributed by atoms with van der Waals surface area (Å²) in [4.78, 5) is 23.8. The number of rotatable bonds is 3. The van der Waals surface area contributed by atoms with Gasteiger partial charge in [-0.1, -0.05) is 0 Å². The van der Waals surface area contributed by atoms with Crippen LogP contribution in [0.4, 0.5) is 13.2 Å². The molecule has 130 valence electrons. The van der Waals surface area contributed by atoms with Gasteiger partial charge in [0.2, 0.25) is 0 Å². The van der Waals surface area contributed by atoms with Gasteiger partial charge in [0.25, 0.3) is 5.79 Å². The second-order valence-electron chi connectivity index (χ2n) is 5.42. The van der Waals surface area contributed by atoms with E-state index in [1.54, 1.807) is 6.92 Å². The van der Waals surface area contributed by atoms with Crippen LogP contribution in [0.5, 0.6) is 5.75 Å². The first-order chi connectivity index (χ1) is 11.0. The van der Waals surface area contributed by atoms with Gasteiger partial charge in [0.15, 0.2) is 0 Å². The van der Waals surface area contributed by atoms with Gasteiger partial charge in [-0.3, -0.25) is 0 Å². The summed E-state index contributed by atoms with van der Waals surface area (Å²) in [6.45, 7) is 4.59. The average Bonchev–Trinajstić information content (AvgIpc) is 2.42. The normalized spacial score (nSPS) is 17.2. The summed E-state index contributed by atoms with van der Waals surface area (Å²) in [5.74, 6) is -3.28. The predicted molar refractivity (Wildman–Crippen MR) is 76.9 cm³/mol. The van der Waals surface area contributed by atoms with Gasteiger partial charge >= 0.3 is 18.1 Å². The predicted octanol–water partition coefficient (Wildman–Crippen LogP) is 3.32. The minimum absolute atomic E-state index is 0.0738. The lowest BCUT2D eigenvalue weighted by molar-refractivity contribution is -0.222. The molecular formula is C16H15F3O5. The molecule has 5 nitrogen and oxygen atoms in total. The Hall–Kier alpha value is -2.51. The molecule has 1 aromatic rings. The van der Waals surface area contributed by atoms with E-state index in [2.05, 4.69) is 0 Å². The number of alkyl halides is 3. The van der Waals surface area contributed by atoms with Crippen LogP contribution < -0.4 is 4.74 Å². The van der Waals surface area contributed by atoms with Gasteiger partial charge in [0.1, 0.15) is 11.3 Å². The molecule has 0 spiro atoms. The minimum atomic E-state index is -4.58. The van der Waals surface area contributed by atoms with Crippen molar-refractivity contribution in [2.45, 2.75) is 32.7 Å². The van der Waals surface area contributed by atoms with Crippen LogP contribution in [0, 0.1) is 0 Å². The molecule has 0 aliphatic carbocycles. The van der Waals surface area contributed by atoms with E-state index in [0.717, 1.165) is 24.3 Å². The average molecular weight is 344 g/mol. The molecule has 0 amide bonds. The first kappa shape index (κ1) is 17.8. The van der Waals surface area contributed by atoms with Gasteiger partial charge < -0.3 is 14.2 Å². The second-order valence-corrected chi connectivity index (χ2v) is 5.42. The Morgan fingerprint density at radius 3 is 2.25 bits per heavy atom. The third kappa shape index (κ3) is 3.87. The summed E-state index contributed by atoms with van der Waals surface area (Å²) in [6.07, 6.45) is -3.60. The van der Waals surface area contributed by atoms with Crippen LogP contribution in [-0.4, -0.2) is 24.3 Å². The van der Waals surface area contributed by atoms with E-state index in [-0.39, 0.29) is 17.9 Å². The molecule has 0 unspecified atom stereocenters. The van der Waals surface area contributed by atoms with Crippen LogP contribution >= 0.6 is 0 Å². The minimum Gasteiger partial charge on any atom is -0.493 e. The van der Waals surface area contributed by atoms with Crippen molar-refractivity contribution in [3.05, 3.63) is 34.9 Å². The third-order valence-electron chi connectivity index (χ3n) is 3.05. The highest BCUT2D eigenvalue weighted by Gasteiger charge is 2.39. The monoisotopic (exact) mass is 344 g/mol. The van der Waals surface area contributed by atoms with Gasteiger partial charge in [0.05, 0.1) is 12.2 Å². The number of halogens is 3. The zero-order valence-electron chi connectivity index (χ0n) is 13.2. The molecule has 1 aliphatic heterocycles. The number of cyclic esters (lactones) is 2. The molecule has 1 heterocycles. The van der Waals surface area contributed by atoms with Gasteiger partial charge in [-0.15, -0.1) is 0 Å². The maximum absolute atomic E-state index is 12.9. The fraction of sp³-hybridized carbons (Fsp3) is 0.375. The molecular weight excluding hydrogens is 329 g/mol. The Bertz CT molecular complexity index is 682. The number of benzene rings is 1. The molecule has 2 rings (SSSR count). The Morgan fingerprint density at radius 1 is 1.17 bits per heavy atom. The number of ether oxygens (including phenoxy) is 3. The number of carbonyl (C=O) groups excluding carboxylic acids is 2. The second kappa shape index (κ2) is 6.18. The van der Waals surface area contributed by atoms with E-state index in [1.165, 1.54) is 13.8 Å². The van der Waals surface area contributed by atoms with Crippen LogP contribution in [0.25, 0.3) is 6.08 Å². The van der Waals surface area contributed by atoms with Gasteiger partial charge in [-0.25, -0.2) is 9.59 Å². The molecule has 8 heteroatoms. The fourth-order valence-corrected chi connectivity index (χ4v) is 2.06. The molecule has 0 radical (unpaired) electrons. The van der Waals surface area contributed by atoms with Crippen LogP contribution in [0.15, 0.2) is 23.8 Å². The van der Waals surface area contributed by atoms with Crippen molar-refractivity contribution in [3.8, 4) is 5.75 Å². The van der Waals surface area contributed by atoms with Gasteiger partial charge in [-0.05, 0) is 31.2 Å². The van der Waals surface area contributed by atoms with Crippen LogP contribution in [0.2, 0.25) is 0 Å². The molecule has 0 saturated carbocycles. The zero-order valence-corrected chi connectivity index (χ0v) is 13.2. The quantitative estimate of drug-likeness (QED) is 0.478. The van der Waals surface area contributed by atoms with Crippen LogP contribution in [0.1, 0.15) is 31.9 Å². The lowest BCUT2D eigenvalue weighted by Crippen LogP contribution is -2.41. The highest BCUT2D eigenvalue weighted by molar-refractivity contribution is 6.19.